The predicted molar refractivity (Wildman–Crippen MR) is 70.6 cm³/mol. The van der Waals surface area contributed by atoms with Crippen molar-refractivity contribution in [1.29, 1.82) is 5.41 Å². The fourth-order valence-corrected chi connectivity index (χ4v) is 2.27. The van der Waals surface area contributed by atoms with Gasteiger partial charge in [-0.2, -0.15) is 0 Å². The van der Waals surface area contributed by atoms with Gasteiger partial charge in [0.25, 0.3) is 0 Å². The van der Waals surface area contributed by atoms with Crippen molar-refractivity contribution in [3.63, 3.8) is 0 Å². The minimum atomic E-state index is 0.0459. The Hall–Kier alpha value is -1.81. The Labute approximate surface area is 105 Å². The Morgan fingerprint density at radius 1 is 1.29 bits per heavy atom. The SMILES string of the molecule is Cc1cccc(Sc2ccc(C(=N)N)cn2)c1. The highest BCUT2D eigenvalue weighted by Gasteiger charge is 2.01. The van der Waals surface area contributed by atoms with E-state index in [-0.39, 0.29) is 5.84 Å². The number of pyridine rings is 1. The first-order valence-electron chi connectivity index (χ1n) is 5.20. The first-order chi connectivity index (χ1) is 8.15. The number of nitrogens with two attached hydrogens (primary N) is 1. The molecule has 3 N–H and O–H groups in total. The van der Waals surface area contributed by atoms with Gasteiger partial charge in [0.15, 0.2) is 0 Å². The maximum Gasteiger partial charge on any atom is 0.124 e. The smallest absolute Gasteiger partial charge is 0.124 e. The van der Waals surface area contributed by atoms with Crippen molar-refractivity contribution in [1.82, 2.24) is 4.98 Å². The van der Waals surface area contributed by atoms with Crippen LogP contribution in [0.4, 0.5) is 0 Å². The monoisotopic (exact) mass is 243 g/mol. The van der Waals surface area contributed by atoms with Gasteiger partial charge < -0.3 is 5.73 Å². The normalized spacial score (nSPS) is 10.2. The minimum absolute atomic E-state index is 0.0459. The molecule has 1 heterocycles. The largest absolute Gasteiger partial charge is 0.384 e. The molecule has 86 valence electrons. The summed E-state index contributed by atoms with van der Waals surface area (Å²) in [6.07, 6.45) is 1.63. The number of aromatic nitrogens is 1. The van der Waals surface area contributed by atoms with Crippen LogP contribution >= 0.6 is 11.8 Å². The van der Waals surface area contributed by atoms with Gasteiger partial charge in [0.1, 0.15) is 10.9 Å². The molecule has 3 nitrogen and oxygen atoms in total. The molecule has 2 aromatic rings. The average molecular weight is 243 g/mol. The van der Waals surface area contributed by atoms with E-state index in [2.05, 4.69) is 30.1 Å². The number of aryl methyl sites for hydroxylation is 1. The summed E-state index contributed by atoms with van der Waals surface area (Å²) in [7, 11) is 0. The van der Waals surface area contributed by atoms with Gasteiger partial charge in [0, 0.05) is 16.7 Å². The first kappa shape index (κ1) is 11.7. The lowest BCUT2D eigenvalue weighted by molar-refractivity contribution is 1.12. The highest BCUT2D eigenvalue weighted by molar-refractivity contribution is 7.99. The van der Waals surface area contributed by atoms with Crippen LogP contribution in [0.3, 0.4) is 0 Å². The van der Waals surface area contributed by atoms with E-state index in [1.54, 1.807) is 18.0 Å². The lowest BCUT2D eigenvalue weighted by atomic mass is 10.2. The van der Waals surface area contributed by atoms with Gasteiger partial charge in [-0.1, -0.05) is 29.5 Å². The molecule has 0 aliphatic heterocycles. The lowest BCUT2D eigenvalue weighted by Crippen LogP contribution is -2.10. The Kier molecular flexibility index (Phi) is 3.44. The van der Waals surface area contributed by atoms with Crippen molar-refractivity contribution in [2.45, 2.75) is 16.8 Å². The zero-order valence-corrected chi connectivity index (χ0v) is 10.3. The molecule has 17 heavy (non-hydrogen) atoms. The van der Waals surface area contributed by atoms with Crippen LogP contribution in [0, 0.1) is 12.3 Å². The zero-order valence-electron chi connectivity index (χ0n) is 9.47. The molecule has 0 fully saturated rings. The number of rotatable bonds is 3. The Balaban J connectivity index is 2.16. The summed E-state index contributed by atoms with van der Waals surface area (Å²) in [6.45, 7) is 2.07. The standard InChI is InChI=1S/C13H13N3S/c1-9-3-2-4-11(7-9)17-12-6-5-10(8-16-12)13(14)15/h2-8H,1H3,(H3,14,15). The van der Waals surface area contributed by atoms with Crippen molar-refractivity contribution in [2.75, 3.05) is 0 Å². The summed E-state index contributed by atoms with van der Waals surface area (Å²) in [6, 6.07) is 12.0. The molecule has 0 aliphatic rings. The Bertz CT molecular complexity index is 535. The second-order valence-electron chi connectivity index (χ2n) is 3.72. The van der Waals surface area contributed by atoms with Gasteiger partial charge >= 0.3 is 0 Å². The molecule has 0 radical (unpaired) electrons. The van der Waals surface area contributed by atoms with Crippen molar-refractivity contribution < 1.29 is 0 Å². The molecule has 0 aliphatic carbocycles. The summed E-state index contributed by atoms with van der Waals surface area (Å²) >= 11 is 1.60. The maximum absolute atomic E-state index is 7.29. The van der Waals surface area contributed by atoms with Gasteiger partial charge in [-0.3, -0.25) is 5.41 Å². The van der Waals surface area contributed by atoms with Gasteiger partial charge in [0.2, 0.25) is 0 Å². The Morgan fingerprint density at radius 3 is 2.71 bits per heavy atom. The molecule has 0 amide bonds. The lowest BCUT2D eigenvalue weighted by Gasteiger charge is -2.03. The van der Waals surface area contributed by atoms with E-state index in [0.29, 0.717) is 5.56 Å². The van der Waals surface area contributed by atoms with E-state index in [1.807, 2.05) is 18.2 Å². The number of hydrogen-bond donors (Lipinski definition) is 2. The minimum Gasteiger partial charge on any atom is -0.384 e. The van der Waals surface area contributed by atoms with Crippen molar-refractivity contribution in [2.24, 2.45) is 5.73 Å². The van der Waals surface area contributed by atoms with Crippen LogP contribution in [0.15, 0.2) is 52.5 Å². The molecule has 1 aromatic heterocycles. The summed E-state index contributed by atoms with van der Waals surface area (Å²) in [4.78, 5) is 5.43. The summed E-state index contributed by atoms with van der Waals surface area (Å²) in [5.41, 5.74) is 7.26. The summed E-state index contributed by atoms with van der Waals surface area (Å²) in [5, 5.41) is 8.19. The highest BCUT2D eigenvalue weighted by Crippen LogP contribution is 2.26. The number of nitrogens with one attached hydrogen (secondary N) is 1. The van der Waals surface area contributed by atoms with Crippen molar-refractivity contribution in [3.8, 4) is 0 Å². The second-order valence-corrected chi connectivity index (χ2v) is 4.81. The van der Waals surface area contributed by atoms with Crippen LogP contribution in [0.1, 0.15) is 11.1 Å². The fourth-order valence-electron chi connectivity index (χ4n) is 1.40. The molecule has 0 unspecified atom stereocenters. The van der Waals surface area contributed by atoms with Crippen LogP contribution in [0.5, 0.6) is 0 Å². The van der Waals surface area contributed by atoms with Crippen LogP contribution < -0.4 is 5.73 Å². The van der Waals surface area contributed by atoms with E-state index in [0.717, 1.165) is 9.92 Å². The topological polar surface area (TPSA) is 62.8 Å². The number of amidine groups is 1. The third-order valence-corrected chi connectivity index (χ3v) is 3.20. The van der Waals surface area contributed by atoms with Crippen LogP contribution in [-0.4, -0.2) is 10.8 Å². The predicted octanol–water partition coefficient (Wildman–Crippen LogP) is 2.83. The van der Waals surface area contributed by atoms with E-state index < -0.39 is 0 Å². The molecule has 0 saturated heterocycles. The van der Waals surface area contributed by atoms with E-state index in [9.17, 15) is 0 Å². The first-order valence-corrected chi connectivity index (χ1v) is 6.02. The van der Waals surface area contributed by atoms with Crippen LogP contribution in [0.25, 0.3) is 0 Å². The number of nitrogen functional groups attached to an aromatic ring is 1. The van der Waals surface area contributed by atoms with Gasteiger partial charge in [-0.25, -0.2) is 4.98 Å². The summed E-state index contributed by atoms with van der Waals surface area (Å²) < 4.78 is 0. The second kappa shape index (κ2) is 5.01. The van der Waals surface area contributed by atoms with E-state index in [4.69, 9.17) is 11.1 Å². The molecule has 0 atom stereocenters. The third kappa shape index (κ3) is 3.07. The Morgan fingerprint density at radius 2 is 2.12 bits per heavy atom. The summed E-state index contributed by atoms with van der Waals surface area (Å²) in [5.74, 6) is 0.0459. The molecular weight excluding hydrogens is 230 g/mol. The van der Waals surface area contributed by atoms with Crippen molar-refractivity contribution in [3.05, 3.63) is 53.7 Å². The zero-order chi connectivity index (χ0) is 12.3. The van der Waals surface area contributed by atoms with Gasteiger partial charge in [0.05, 0.1) is 0 Å². The molecule has 0 spiro atoms. The third-order valence-electron chi connectivity index (χ3n) is 2.26. The molecule has 0 saturated carbocycles. The van der Waals surface area contributed by atoms with Crippen LogP contribution in [0.2, 0.25) is 0 Å². The molecule has 0 bridgehead atoms. The van der Waals surface area contributed by atoms with Crippen LogP contribution in [-0.2, 0) is 0 Å². The average Bonchev–Trinajstić information content (AvgIpc) is 2.29. The molecule has 1 aromatic carbocycles. The van der Waals surface area contributed by atoms with E-state index >= 15 is 0 Å². The fraction of sp³-hybridized carbons (Fsp3) is 0.0769. The van der Waals surface area contributed by atoms with Gasteiger partial charge in [-0.05, 0) is 31.2 Å². The molecular formula is C13H13N3S. The maximum atomic E-state index is 7.29. The quantitative estimate of drug-likeness (QED) is 0.643. The highest BCUT2D eigenvalue weighted by atomic mass is 32.2. The number of benzene rings is 1. The van der Waals surface area contributed by atoms with E-state index in [1.165, 1.54) is 5.56 Å². The number of hydrogen-bond acceptors (Lipinski definition) is 3. The van der Waals surface area contributed by atoms with Crippen molar-refractivity contribution >= 4 is 17.6 Å². The van der Waals surface area contributed by atoms with Gasteiger partial charge in [-0.15, -0.1) is 0 Å². The number of nitrogens with zero attached hydrogens (tertiary/aromatic N) is 1. The molecule has 4 heteroatoms. The molecule has 2 rings (SSSR count).